The van der Waals surface area contributed by atoms with E-state index >= 15 is 0 Å². The molecule has 0 aromatic carbocycles. The Morgan fingerprint density at radius 3 is 2.33 bits per heavy atom. The van der Waals surface area contributed by atoms with E-state index in [1.165, 1.54) is 12.5 Å². The smallest absolute Gasteiger partial charge is 0.134 e. The fraction of sp³-hybridized carbons (Fsp3) is 1.00. The number of nitrogens with two attached hydrogens (primary N) is 1. The normalized spacial score (nSPS) is 14.8. The molecule has 0 aromatic heterocycles. The van der Waals surface area contributed by atoms with Gasteiger partial charge < -0.3 is 15.2 Å². The Labute approximate surface area is 77.4 Å². The van der Waals surface area contributed by atoms with Crippen molar-refractivity contribution >= 4 is 9.52 Å². The molecule has 0 fully saturated rings. The van der Waals surface area contributed by atoms with Crippen molar-refractivity contribution in [2.24, 2.45) is 11.7 Å². The lowest BCUT2D eigenvalue weighted by Gasteiger charge is -2.13. The highest BCUT2D eigenvalue weighted by Crippen LogP contribution is 2.04. The lowest BCUT2D eigenvalue weighted by molar-refractivity contribution is -0.0441. The van der Waals surface area contributed by atoms with Crippen LogP contribution < -0.4 is 5.73 Å². The van der Waals surface area contributed by atoms with Gasteiger partial charge >= 0.3 is 0 Å². The summed E-state index contributed by atoms with van der Waals surface area (Å²) in [4.78, 5) is 0. The van der Waals surface area contributed by atoms with E-state index in [-0.39, 0.29) is 15.4 Å². The van der Waals surface area contributed by atoms with Crippen LogP contribution in [-0.4, -0.2) is 36.2 Å². The predicted molar refractivity (Wildman–Crippen MR) is 54.0 cm³/mol. The van der Waals surface area contributed by atoms with Crippen LogP contribution in [0.15, 0.2) is 0 Å². The summed E-state index contributed by atoms with van der Waals surface area (Å²) in [5, 5.41) is 0. The molecule has 12 heavy (non-hydrogen) atoms. The van der Waals surface area contributed by atoms with Crippen LogP contribution >= 0.6 is 0 Å². The molecule has 0 bridgehead atoms. The minimum Gasteiger partial charge on any atom is -0.360 e. The molecule has 0 amide bonds. The average Bonchev–Trinajstić information content (AvgIpc) is 2.12. The second-order valence-corrected chi connectivity index (χ2v) is 5.12. The number of rotatable bonds is 7. The van der Waals surface area contributed by atoms with Crippen molar-refractivity contribution in [1.82, 2.24) is 0 Å². The molecule has 2 N–H and O–H groups in total. The van der Waals surface area contributed by atoms with Gasteiger partial charge in [-0.05, 0) is 12.5 Å². The topological polar surface area (TPSA) is 44.5 Å². The minimum atomic E-state index is -0.227. The molecule has 1 unspecified atom stereocenters. The molecule has 74 valence electrons. The van der Waals surface area contributed by atoms with Crippen molar-refractivity contribution in [1.29, 1.82) is 0 Å². The van der Waals surface area contributed by atoms with Gasteiger partial charge in [0.05, 0.1) is 9.52 Å². The number of hydrogen-bond donors (Lipinski definition) is 1. The van der Waals surface area contributed by atoms with Gasteiger partial charge in [-0.25, -0.2) is 0 Å². The molecule has 0 spiro atoms. The Kier molecular flexibility index (Phi) is 7.79. The highest BCUT2D eigenvalue weighted by atomic mass is 28.2. The Morgan fingerprint density at radius 2 is 1.92 bits per heavy atom. The third-order valence-electron chi connectivity index (χ3n) is 2.06. The van der Waals surface area contributed by atoms with Gasteiger partial charge in [-0.2, -0.15) is 0 Å². The van der Waals surface area contributed by atoms with Crippen LogP contribution in [0.3, 0.4) is 0 Å². The lowest BCUT2D eigenvalue weighted by Crippen LogP contribution is -2.22. The van der Waals surface area contributed by atoms with E-state index in [1.807, 2.05) is 0 Å². The van der Waals surface area contributed by atoms with E-state index in [0.717, 1.165) is 6.54 Å². The first kappa shape index (κ1) is 12.1. The monoisotopic (exact) mass is 191 g/mol. The molecule has 0 rings (SSSR count). The Bertz CT molecular complexity index is 99.1. The van der Waals surface area contributed by atoms with Crippen LogP contribution in [0.2, 0.25) is 6.04 Å². The third-order valence-corrected chi connectivity index (χ3v) is 4.02. The second kappa shape index (κ2) is 7.73. The fourth-order valence-corrected chi connectivity index (χ4v) is 2.82. The van der Waals surface area contributed by atoms with Gasteiger partial charge in [0.2, 0.25) is 0 Å². The van der Waals surface area contributed by atoms with Crippen LogP contribution in [0.25, 0.3) is 0 Å². The number of hydrogen-bond acceptors (Lipinski definition) is 3. The predicted octanol–water partition coefficient (Wildman–Crippen LogP) is 0.135. The molecule has 0 heterocycles. The van der Waals surface area contributed by atoms with Crippen molar-refractivity contribution in [3.05, 3.63) is 0 Å². The molecule has 0 saturated heterocycles. The van der Waals surface area contributed by atoms with Crippen LogP contribution in [0.5, 0.6) is 0 Å². The summed E-state index contributed by atoms with van der Waals surface area (Å²) in [6, 6.07) is 1.25. The van der Waals surface area contributed by atoms with Gasteiger partial charge in [-0.3, -0.25) is 0 Å². The summed E-state index contributed by atoms with van der Waals surface area (Å²) in [6.45, 7) is 2.97. The van der Waals surface area contributed by atoms with Gasteiger partial charge in [0.25, 0.3) is 0 Å². The van der Waals surface area contributed by atoms with Gasteiger partial charge in [0.1, 0.15) is 5.91 Å². The Balaban J connectivity index is 3.28. The summed E-state index contributed by atoms with van der Waals surface area (Å²) in [5.41, 5.74) is 5.51. The first-order chi connectivity index (χ1) is 5.74. The summed E-state index contributed by atoms with van der Waals surface area (Å²) in [5.74, 6) is 0.738. The molecule has 0 aliphatic carbocycles. The van der Waals surface area contributed by atoms with Crippen LogP contribution in [0, 0.1) is 5.92 Å². The molecule has 1 atom stereocenters. The van der Waals surface area contributed by atoms with Crippen LogP contribution in [0.4, 0.5) is 0 Å². The molecule has 3 nitrogen and oxygen atoms in total. The highest BCUT2D eigenvalue weighted by Gasteiger charge is 2.06. The van der Waals surface area contributed by atoms with Crippen molar-refractivity contribution in [3.63, 3.8) is 0 Å². The molecule has 0 aliphatic heterocycles. The summed E-state index contributed by atoms with van der Waals surface area (Å²) in [7, 11) is 3.18. The molecular weight excluding hydrogens is 170 g/mol. The first-order valence-corrected chi connectivity index (χ1v) is 6.31. The summed E-state index contributed by atoms with van der Waals surface area (Å²) >= 11 is 0. The maximum Gasteiger partial charge on any atom is 0.134 e. The van der Waals surface area contributed by atoms with Crippen molar-refractivity contribution in [3.8, 4) is 0 Å². The zero-order valence-electron chi connectivity index (χ0n) is 8.38. The van der Waals surface area contributed by atoms with Crippen LogP contribution in [-0.2, 0) is 9.47 Å². The summed E-state index contributed by atoms with van der Waals surface area (Å²) < 4.78 is 10.2. The first-order valence-electron chi connectivity index (χ1n) is 4.50. The standard InChI is InChI=1S/C8H21NO2Si/c1-7(6-9)4-5-12-8(10-2)11-3/h7-8H,4-6,9,12H2,1-3H3. The van der Waals surface area contributed by atoms with E-state index in [4.69, 9.17) is 15.2 Å². The highest BCUT2D eigenvalue weighted by molar-refractivity contribution is 6.36. The molecule has 0 aliphatic rings. The molecular formula is C8H21NO2Si. The van der Waals surface area contributed by atoms with Crippen molar-refractivity contribution in [2.45, 2.75) is 25.3 Å². The molecule has 4 heteroatoms. The van der Waals surface area contributed by atoms with Crippen molar-refractivity contribution in [2.75, 3.05) is 20.8 Å². The van der Waals surface area contributed by atoms with Crippen molar-refractivity contribution < 1.29 is 9.47 Å². The van der Waals surface area contributed by atoms with Gasteiger partial charge in [-0.1, -0.05) is 19.4 Å². The zero-order chi connectivity index (χ0) is 9.40. The maximum atomic E-state index is 5.51. The SMILES string of the molecule is COC(OC)[SiH2]CCC(C)CN. The second-order valence-electron chi connectivity index (χ2n) is 3.17. The number of ether oxygens (including phenoxy) is 2. The van der Waals surface area contributed by atoms with Crippen LogP contribution in [0.1, 0.15) is 13.3 Å². The lowest BCUT2D eigenvalue weighted by atomic mass is 10.1. The largest absolute Gasteiger partial charge is 0.360 e. The maximum absolute atomic E-state index is 5.51. The fourth-order valence-electron chi connectivity index (χ4n) is 1.08. The van der Waals surface area contributed by atoms with Gasteiger partial charge in [-0.15, -0.1) is 0 Å². The Morgan fingerprint density at radius 1 is 1.33 bits per heavy atom. The average molecular weight is 191 g/mol. The zero-order valence-corrected chi connectivity index (χ0v) is 9.79. The Hall–Kier alpha value is 0.0969. The summed E-state index contributed by atoms with van der Waals surface area (Å²) in [6.07, 6.45) is 1.21. The molecule has 0 radical (unpaired) electrons. The van der Waals surface area contributed by atoms with Gasteiger partial charge in [0, 0.05) is 14.2 Å². The molecule has 0 aromatic rings. The quantitative estimate of drug-likeness (QED) is 0.460. The third kappa shape index (κ3) is 5.71. The van der Waals surface area contributed by atoms with E-state index < -0.39 is 0 Å². The van der Waals surface area contributed by atoms with E-state index in [2.05, 4.69) is 6.92 Å². The number of methoxy groups -OCH3 is 2. The van der Waals surface area contributed by atoms with E-state index in [1.54, 1.807) is 14.2 Å². The van der Waals surface area contributed by atoms with E-state index in [9.17, 15) is 0 Å². The minimum absolute atomic E-state index is 0.0926. The van der Waals surface area contributed by atoms with E-state index in [0.29, 0.717) is 5.92 Å². The molecule has 0 saturated carbocycles. The van der Waals surface area contributed by atoms with Gasteiger partial charge in [0.15, 0.2) is 0 Å².